The molecule has 2 heterocycles. The fourth-order valence-electron chi connectivity index (χ4n) is 4.72. The number of nitrogens with one attached hydrogen (secondary N) is 1. The molecule has 4 heteroatoms. The standard InChI is InChI=1S/C21H30N2O2/c1-21(14-25-15-21)13-22-20(24)23-11-5-9-18(23)12-17-8-4-7-16-6-2-3-10-19(16)17/h2-3,6,10,17-18H,4-5,7-9,11-15H2,1H3,(H,22,24). The number of amides is 2. The van der Waals surface area contributed by atoms with Gasteiger partial charge in [0.25, 0.3) is 0 Å². The van der Waals surface area contributed by atoms with Crippen LogP contribution in [0.4, 0.5) is 4.79 Å². The van der Waals surface area contributed by atoms with Crippen molar-refractivity contribution in [3.8, 4) is 0 Å². The van der Waals surface area contributed by atoms with E-state index in [1.165, 1.54) is 30.4 Å². The summed E-state index contributed by atoms with van der Waals surface area (Å²) in [7, 11) is 0. The average molecular weight is 342 g/mol. The first-order valence-electron chi connectivity index (χ1n) is 9.85. The smallest absolute Gasteiger partial charge is 0.317 e. The van der Waals surface area contributed by atoms with Crippen LogP contribution < -0.4 is 5.32 Å². The summed E-state index contributed by atoms with van der Waals surface area (Å²) in [4.78, 5) is 14.8. The molecule has 2 unspecified atom stereocenters. The van der Waals surface area contributed by atoms with Gasteiger partial charge in [0.05, 0.1) is 13.2 Å². The van der Waals surface area contributed by atoms with Crippen molar-refractivity contribution in [2.24, 2.45) is 5.41 Å². The summed E-state index contributed by atoms with van der Waals surface area (Å²) in [5.41, 5.74) is 3.18. The molecule has 3 aliphatic rings. The van der Waals surface area contributed by atoms with E-state index in [4.69, 9.17) is 4.74 Å². The maximum absolute atomic E-state index is 12.7. The van der Waals surface area contributed by atoms with Gasteiger partial charge in [-0.05, 0) is 55.6 Å². The van der Waals surface area contributed by atoms with Crippen LogP contribution in [-0.2, 0) is 11.2 Å². The summed E-state index contributed by atoms with van der Waals surface area (Å²) in [6, 6.07) is 9.41. The van der Waals surface area contributed by atoms with E-state index >= 15 is 0 Å². The van der Waals surface area contributed by atoms with Crippen molar-refractivity contribution in [3.63, 3.8) is 0 Å². The lowest BCUT2D eigenvalue weighted by molar-refractivity contribution is -0.0978. The third kappa shape index (κ3) is 3.55. The highest BCUT2D eigenvalue weighted by Crippen LogP contribution is 2.37. The molecule has 1 N–H and O–H groups in total. The molecule has 136 valence electrons. The van der Waals surface area contributed by atoms with Crippen LogP contribution in [0.15, 0.2) is 24.3 Å². The van der Waals surface area contributed by atoms with Gasteiger partial charge in [-0.25, -0.2) is 4.79 Å². The van der Waals surface area contributed by atoms with Gasteiger partial charge in [0.15, 0.2) is 0 Å². The summed E-state index contributed by atoms with van der Waals surface area (Å²) in [6.45, 7) is 5.32. The monoisotopic (exact) mass is 342 g/mol. The number of hydrogen-bond acceptors (Lipinski definition) is 2. The van der Waals surface area contributed by atoms with E-state index in [2.05, 4.69) is 41.4 Å². The van der Waals surface area contributed by atoms with E-state index in [-0.39, 0.29) is 11.4 Å². The van der Waals surface area contributed by atoms with Gasteiger partial charge < -0.3 is 15.0 Å². The SMILES string of the molecule is CC1(CNC(=O)N2CCCC2CC2CCCc3ccccc32)COC1. The number of rotatable bonds is 4. The highest BCUT2D eigenvalue weighted by atomic mass is 16.5. The number of likely N-dealkylation sites (tertiary alicyclic amines) is 1. The Labute approximate surface area is 150 Å². The fraction of sp³-hybridized carbons (Fsp3) is 0.667. The number of urea groups is 1. The van der Waals surface area contributed by atoms with Gasteiger partial charge in [-0.15, -0.1) is 0 Å². The van der Waals surface area contributed by atoms with Crippen LogP contribution in [0.1, 0.15) is 56.1 Å². The highest BCUT2D eigenvalue weighted by Gasteiger charge is 2.36. The van der Waals surface area contributed by atoms with Gasteiger partial charge in [-0.2, -0.15) is 0 Å². The Hall–Kier alpha value is -1.55. The molecular formula is C21H30N2O2. The van der Waals surface area contributed by atoms with Crippen LogP contribution in [0.5, 0.6) is 0 Å². The maximum atomic E-state index is 12.7. The van der Waals surface area contributed by atoms with E-state index in [1.54, 1.807) is 0 Å². The first kappa shape index (κ1) is 16.9. The average Bonchev–Trinajstić information content (AvgIpc) is 3.06. The maximum Gasteiger partial charge on any atom is 0.317 e. The van der Waals surface area contributed by atoms with Gasteiger partial charge in [0.2, 0.25) is 0 Å². The second-order valence-corrected chi connectivity index (χ2v) is 8.48. The van der Waals surface area contributed by atoms with Crippen molar-refractivity contribution in [2.75, 3.05) is 26.3 Å². The molecule has 1 aromatic rings. The predicted octanol–water partition coefficient (Wildman–Crippen LogP) is 3.71. The summed E-state index contributed by atoms with van der Waals surface area (Å²) < 4.78 is 5.29. The summed E-state index contributed by atoms with van der Waals surface area (Å²) >= 11 is 0. The van der Waals surface area contributed by atoms with Gasteiger partial charge in [0, 0.05) is 24.5 Å². The van der Waals surface area contributed by atoms with Crippen molar-refractivity contribution in [2.45, 2.75) is 57.4 Å². The number of fused-ring (bicyclic) bond motifs is 1. The molecule has 25 heavy (non-hydrogen) atoms. The van der Waals surface area contributed by atoms with Crippen LogP contribution in [0.25, 0.3) is 0 Å². The van der Waals surface area contributed by atoms with Crippen molar-refractivity contribution < 1.29 is 9.53 Å². The Balaban J connectivity index is 1.38. The minimum atomic E-state index is 0.125. The molecule has 2 fully saturated rings. The number of nitrogens with zero attached hydrogens (tertiary/aromatic N) is 1. The molecule has 4 nitrogen and oxygen atoms in total. The van der Waals surface area contributed by atoms with Crippen LogP contribution in [-0.4, -0.2) is 43.3 Å². The van der Waals surface area contributed by atoms with Crippen molar-refractivity contribution in [1.82, 2.24) is 10.2 Å². The summed E-state index contributed by atoms with van der Waals surface area (Å²) in [5.74, 6) is 0.612. The Morgan fingerprint density at radius 3 is 2.92 bits per heavy atom. The van der Waals surface area contributed by atoms with Crippen molar-refractivity contribution in [1.29, 1.82) is 0 Å². The number of aryl methyl sites for hydroxylation is 1. The molecule has 2 amide bonds. The first-order chi connectivity index (χ1) is 12.1. The molecule has 0 spiro atoms. The van der Waals surface area contributed by atoms with Gasteiger partial charge in [-0.1, -0.05) is 31.2 Å². The third-order valence-electron chi connectivity index (χ3n) is 6.26. The quantitative estimate of drug-likeness (QED) is 0.906. The van der Waals surface area contributed by atoms with E-state index in [1.807, 2.05) is 0 Å². The number of hydrogen-bond donors (Lipinski definition) is 1. The lowest BCUT2D eigenvalue weighted by Crippen LogP contribution is -2.52. The van der Waals surface area contributed by atoms with Gasteiger partial charge in [0.1, 0.15) is 0 Å². The summed E-state index contributed by atoms with van der Waals surface area (Å²) in [5, 5.41) is 3.16. The zero-order valence-corrected chi connectivity index (χ0v) is 15.3. The molecule has 0 radical (unpaired) electrons. The Kier molecular flexibility index (Phi) is 4.72. The van der Waals surface area contributed by atoms with Crippen molar-refractivity contribution in [3.05, 3.63) is 35.4 Å². The van der Waals surface area contributed by atoms with Crippen LogP contribution in [0.3, 0.4) is 0 Å². The normalized spacial score (nSPS) is 27.5. The molecule has 1 aliphatic carbocycles. The first-order valence-corrected chi connectivity index (χ1v) is 9.85. The minimum absolute atomic E-state index is 0.125. The second kappa shape index (κ2) is 6.99. The number of carbonyl (C=O) groups excluding carboxylic acids is 1. The van der Waals surface area contributed by atoms with Gasteiger partial charge in [-0.3, -0.25) is 0 Å². The molecule has 2 saturated heterocycles. The predicted molar refractivity (Wildman–Crippen MR) is 98.8 cm³/mol. The minimum Gasteiger partial charge on any atom is -0.380 e. The second-order valence-electron chi connectivity index (χ2n) is 8.48. The largest absolute Gasteiger partial charge is 0.380 e. The molecule has 4 rings (SSSR count). The Bertz CT molecular complexity index is 626. The number of ether oxygens (including phenoxy) is 1. The summed E-state index contributed by atoms with van der Waals surface area (Å²) in [6.07, 6.45) is 7.14. The number of benzene rings is 1. The van der Waals surface area contributed by atoms with Crippen LogP contribution in [0, 0.1) is 5.41 Å². The Morgan fingerprint density at radius 2 is 2.12 bits per heavy atom. The fourth-order valence-corrected chi connectivity index (χ4v) is 4.72. The molecule has 0 saturated carbocycles. The zero-order valence-electron chi connectivity index (χ0n) is 15.3. The molecule has 2 aliphatic heterocycles. The van der Waals surface area contributed by atoms with E-state index in [9.17, 15) is 4.79 Å². The van der Waals surface area contributed by atoms with Gasteiger partial charge >= 0.3 is 6.03 Å². The topological polar surface area (TPSA) is 41.6 Å². The molecule has 0 bridgehead atoms. The molecule has 0 aromatic heterocycles. The van der Waals surface area contributed by atoms with Crippen LogP contribution >= 0.6 is 0 Å². The molecule has 2 atom stereocenters. The van der Waals surface area contributed by atoms with E-state index in [0.29, 0.717) is 12.0 Å². The molecular weight excluding hydrogens is 312 g/mol. The van der Waals surface area contributed by atoms with E-state index < -0.39 is 0 Å². The zero-order chi connectivity index (χ0) is 17.3. The lowest BCUT2D eigenvalue weighted by Gasteiger charge is -2.39. The highest BCUT2D eigenvalue weighted by molar-refractivity contribution is 5.75. The number of carbonyl (C=O) groups is 1. The molecule has 1 aromatic carbocycles. The van der Waals surface area contributed by atoms with Crippen LogP contribution in [0.2, 0.25) is 0 Å². The van der Waals surface area contributed by atoms with E-state index in [0.717, 1.165) is 45.6 Å². The lowest BCUT2D eigenvalue weighted by atomic mass is 9.79. The third-order valence-corrected chi connectivity index (χ3v) is 6.26. The Morgan fingerprint density at radius 1 is 1.28 bits per heavy atom. The van der Waals surface area contributed by atoms with Crippen molar-refractivity contribution >= 4 is 6.03 Å².